The van der Waals surface area contributed by atoms with Crippen molar-refractivity contribution in [3.05, 3.63) is 58.7 Å². The van der Waals surface area contributed by atoms with Crippen LogP contribution < -0.4 is 5.32 Å². The SMILES string of the molecule is CNc1ccc(S(=O)(=O)O)c2c1CCCC2.Cc1ccccc1C=O. The molecule has 0 unspecified atom stereocenters. The van der Waals surface area contributed by atoms with E-state index in [1.165, 1.54) is 6.07 Å². The zero-order valence-corrected chi connectivity index (χ0v) is 15.3. The predicted molar refractivity (Wildman–Crippen MR) is 99.0 cm³/mol. The van der Waals surface area contributed by atoms with Gasteiger partial charge in [0, 0.05) is 18.3 Å². The van der Waals surface area contributed by atoms with Crippen molar-refractivity contribution in [2.24, 2.45) is 0 Å². The molecular formula is C19H23NO4S. The molecule has 6 heteroatoms. The van der Waals surface area contributed by atoms with Crippen LogP contribution in [-0.4, -0.2) is 26.3 Å². The van der Waals surface area contributed by atoms with Gasteiger partial charge < -0.3 is 5.32 Å². The lowest BCUT2D eigenvalue weighted by atomic mass is 9.90. The maximum Gasteiger partial charge on any atom is 0.294 e. The van der Waals surface area contributed by atoms with Gasteiger partial charge in [0.15, 0.2) is 0 Å². The Balaban J connectivity index is 0.000000212. The van der Waals surface area contributed by atoms with Gasteiger partial charge in [-0.05, 0) is 61.4 Å². The van der Waals surface area contributed by atoms with Gasteiger partial charge in [-0.1, -0.05) is 24.3 Å². The minimum atomic E-state index is -4.10. The van der Waals surface area contributed by atoms with Crippen LogP contribution >= 0.6 is 0 Å². The van der Waals surface area contributed by atoms with E-state index in [-0.39, 0.29) is 4.90 Å². The number of hydrogen-bond acceptors (Lipinski definition) is 4. The largest absolute Gasteiger partial charge is 0.388 e. The van der Waals surface area contributed by atoms with E-state index in [2.05, 4.69) is 5.32 Å². The first-order chi connectivity index (χ1) is 11.9. The van der Waals surface area contributed by atoms with Crippen molar-refractivity contribution in [2.75, 3.05) is 12.4 Å². The number of aryl methyl sites for hydroxylation is 1. The van der Waals surface area contributed by atoms with Crippen LogP contribution in [0.25, 0.3) is 0 Å². The maximum atomic E-state index is 11.2. The molecule has 0 saturated heterocycles. The summed E-state index contributed by atoms with van der Waals surface area (Å²) in [6.45, 7) is 1.92. The molecule has 1 aliphatic rings. The van der Waals surface area contributed by atoms with Crippen molar-refractivity contribution in [1.29, 1.82) is 0 Å². The molecule has 0 aromatic heterocycles. The molecule has 0 aliphatic heterocycles. The number of aldehydes is 1. The molecule has 0 fully saturated rings. The number of nitrogens with one attached hydrogen (secondary N) is 1. The summed E-state index contributed by atoms with van der Waals surface area (Å²) >= 11 is 0. The molecule has 3 rings (SSSR count). The Morgan fingerprint density at radius 2 is 1.68 bits per heavy atom. The molecule has 25 heavy (non-hydrogen) atoms. The number of hydrogen-bond donors (Lipinski definition) is 2. The van der Waals surface area contributed by atoms with E-state index in [1.54, 1.807) is 6.07 Å². The fraction of sp³-hybridized carbons (Fsp3) is 0.316. The topological polar surface area (TPSA) is 83.5 Å². The van der Waals surface area contributed by atoms with Crippen molar-refractivity contribution in [3.63, 3.8) is 0 Å². The summed E-state index contributed by atoms with van der Waals surface area (Å²) in [7, 11) is -2.28. The standard InChI is InChI=1S/C11H15NO3S.C8H8O/c1-12-10-6-7-11(16(13,14)15)9-5-3-2-4-8(9)10;1-7-4-2-3-5-8(7)6-9/h6-7,12H,2-5H2,1H3,(H,13,14,15);2-6H,1H3. The summed E-state index contributed by atoms with van der Waals surface area (Å²) in [5.41, 5.74) is 4.58. The van der Waals surface area contributed by atoms with E-state index in [1.807, 2.05) is 38.2 Å². The number of benzene rings is 2. The van der Waals surface area contributed by atoms with Crippen LogP contribution in [0.2, 0.25) is 0 Å². The van der Waals surface area contributed by atoms with Gasteiger partial charge in [0.2, 0.25) is 0 Å². The van der Waals surface area contributed by atoms with Crippen LogP contribution in [0.15, 0.2) is 41.3 Å². The Kier molecular flexibility index (Phi) is 6.33. The smallest absolute Gasteiger partial charge is 0.294 e. The molecule has 0 saturated carbocycles. The number of anilines is 1. The maximum absolute atomic E-state index is 11.2. The highest BCUT2D eigenvalue weighted by atomic mass is 32.2. The second-order valence-corrected chi connectivity index (χ2v) is 7.36. The highest BCUT2D eigenvalue weighted by molar-refractivity contribution is 7.85. The van der Waals surface area contributed by atoms with Crippen molar-refractivity contribution < 1.29 is 17.8 Å². The van der Waals surface area contributed by atoms with E-state index in [0.29, 0.717) is 0 Å². The Morgan fingerprint density at radius 1 is 1.04 bits per heavy atom. The number of rotatable bonds is 3. The monoisotopic (exact) mass is 361 g/mol. The molecule has 5 nitrogen and oxygen atoms in total. The minimum absolute atomic E-state index is 0.0706. The first-order valence-electron chi connectivity index (χ1n) is 8.19. The fourth-order valence-electron chi connectivity index (χ4n) is 3.03. The van der Waals surface area contributed by atoms with Crippen LogP contribution in [-0.2, 0) is 23.0 Å². The first kappa shape index (κ1) is 19.1. The zero-order chi connectivity index (χ0) is 18.4. The Hall–Kier alpha value is -2.18. The lowest BCUT2D eigenvalue weighted by Gasteiger charge is -2.21. The van der Waals surface area contributed by atoms with Gasteiger partial charge in [-0.15, -0.1) is 0 Å². The van der Waals surface area contributed by atoms with E-state index >= 15 is 0 Å². The van der Waals surface area contributed by atoms with Crippen LogP contribution in [0.3, 0.4) is 0 Å². The third-order valence-corrected chi connectivity index (χ3v) is 5.29. The van der Waals surface area contributed by atoms with Gasteiger partial charge >= 0.3 is 0 Å². The van der Waals surface area contributed by atoms with Crippen LogP contribution in [0, 0.1) is 6.92 Å². The van der Waals surface area contributed by atoms with Crippen molar-refractivity contribution in [1.82, 2.24) is 0 Å². The van der Waals surface area contributed by atoms with E-state index in [9.17, 15) is 13.2 Å². The number of carbonyl (C=O) groups excluding carboxylic acids is 1. The molecule has 2 N–H and O–H groups in total. The van der Waals surface area contributed by atoms with E-state index in [0.717, 1.165) is 59.9 Å². The molecule has 0 radical (unpaired) electrons. The lowest BCUT2D eigenvalue weighted by Crippen LogP contribution is -2.12. The van der Waals surface area contributed by atoms with Crippen molar-refractivity contribution in [2.45, 2.75) is 37.5 Å². The molecule has 0 bridgehead atoms. The second-order valence-electron chi connectivity index (χ2n) is 5.97. The summed E-state index contributed by atoms with van der Waals surface area (Å²) in [5.74, 6) is 0. The molecule has 0 atom stereocenters. The van der Waals surface area contributed by atoms with Gasteiger partial charge in [-0.2, -0.15) is 8.42 Å². The quantitative estimate of drug-likeness (QED) is 0.644. The molecule has 0 amide bonds. The normalized spacial score (nSPS) is 13.2. The van der Waals surface area contributed by atoms with Gasteiger partial charge in [0.25, 0.3) is 10.1 Å². The third-order valence-electron chi connectivity index (χ3n) is 4.35. The summed E-state index contributed by atoms with van der Waals surface area (Å²) in [5, 5.41) is 3.06. The van der Waals surface area contributed by atoms with Crippen molar-refractivity contribution >= 4 is 22.1 Å². The van der Waals surface area contributed by atoms with Crippen molar-refractivity contribution in [3.8, 4) is 0 Å². The molecule has 2 aromatic rings. The van der Waals surface area contributed by atoms with E-state index in [4.69, 9.17) is 4.55 Å². The number of carbonyl (C=O) groups is 1. The fourth-order valence-corrected chi connectivity index (χ4v) is 3.81. The summed E-state index contributed by atoms with van der Waals surface area (Å²) < 4.78 is 31.6. The average molecular weight is 361 g/mol. The summed E-state index contributed by atoms with van der Waals surface area (Å²) in [6, 6.07) is 10.7. The minimum Gasteiger partial charge on any atom is -0.388 e. The summed E-state index contributed by atoms with van der Waals surface area (Å²) in [6.07, 6.45) is 4.50. The molecule has 1 aliphatic carbocycles. The Bertz CT molecular complexity index is 860. The third kappa shape index (κ3) is 4.67. The van der Waals surface area contributed by atoms with Gasteiger partial charge in [-0.3, -0.25) is 9.35 Å². The molecule has 0 heterocycles. The van der Waals surface area contributed by atoms with Crippen LogP contribution in [0.1, 0.15) is 39.9 Å². The van der Waals surface area contributed by atoms with Crippen LogP contribution in [0.5, 0.6) is 0 Å². The van der Waals surface area contributed by atoms with Gasteiger partial charge in [0.1, 0.15) is 6.29 Å². The average Bonchev–Trinajstić information content (AvgIpc) is 2.61. The molecule has 134 valence electrons. The number of fused-ring (bicyclic) bond motifs is 1. The van der Waals surface area contributed by atoms with Gasteiger partial charge in [-0.25, -0.2) is 0 Å². The van der Waals surface area contributed by atoms with Gasteiger partial charge in [0.05, 0.1) is 4.90 Å². The Morgan fingerprint density at radius 3 is 2.20 bits per heavy atom. The van der Waals surface area contributed by atoms with Crippen LogP contribution in [0.4, 0.5) is 5.69 Å². The zero-order valence-electron chi connectivity index (χ0n) is 14.5. The predicted octanol–water partition coefficient (Wildman–Crippen LogP) is 3.66. The first-order valence-corrected chi connectivity index (χ1v) is 9.63. The molecule has 0 spiro atoms. The highest BCUT2D eigenvalue weighted by Crippen LogP contribution is 2.32. The lowest BCUT2D eigenvalue weighted by molar-refractivity contribution is 0.112. The molecular weight excluding hydrogens is 338 g/mol. The summed E-state index contributed by atoms with van der Waals surface area (Å²) in [4.78, 5) is 10.3. The molecule has 2 aromatic carbocycles. The van der Waals surface area contributed by atoms with E-state index < -0.39 is 10.1 Å². The second kappa shape index (κ2) is 8.27. The highest BCUT2D eigenvalue weighted by Gasteiger charge is 2.22. The Labute approximate surface area is 148 Å².